The van der Waals surface area contributed by atoms with Crippen LogP contribution in [0.2, 0.25) is 0 Å². The molecule has 0 unspecified atom stereocenters. The van der Waals surface area contributed by atoms with Gasteiger partial charge in [-0.3, -0.25) is 0 Å². The number of methoxy groups -OCH3 is 1. The van der Waals surface area contributed by atoms with E-state index in [4.69, 9.17) is 19.4 Å². The molecule has 0 radical (unpaired) electrons. The van der Waals surface area contributed by atoms with E-state index in [9.17, 15) is 21.6 Å². The third-order valence-electron chi connectivity index (χ3n) is 5.04. The van der Waals surface area contributed by atoms with Crippen molar-refractivity contribution in [1.82, 2.24) is 9.21 Å². The van der Waals surface area contributed by atoms with Gasteiger partial charge in [-0.25, -0.2) is 13.2 Å². The molecule has 1 N–H and O–H groups in total. The summed E-state index contributed by atoms with van der Waals surface area (Å²) in [7, 11) is 2.06. The Balaban J connectivity index is 0.000000396. The molecule has 0 spiro atoms. The molecule has 0 bridgehead atoms. The highest BCUT2D eigenvalue weighted by Crippen LogP contribution is 2.43. The Kier molecular flexibility index (Phi) is 7.38. The number of carboxylic acids is 1. The van der Waals surface area contributed by atoms with Crippen molar-refractivity contribution in [3.63, 3.8) is 0 Å². The molecule has 2 aliphatic rings. The second-order valence-corrected chi connectivity index (χ2v) is 9.53. The molecule has 2 saturated heterocycles. The second-order valence-electron chi connectivity index (χ2n) is 7.59. The summed E-state index contributed by atoms with van der Waals surface area (Å²) in [6.07, 6.45) is -5.08. The largest absolute Gasteiger partial charge is 0.497 e. The fourth-order valence-electron chi connectivity index (χ4n) is 3.73. The molecule has 2 aliphatic heterocycles. The first-order valence-electron chi connectivity index (χ1n) is 8.98. The number of hydrogen-bond donors (Lipinski definition) is 1. The topological polar surface area (TPSA) is 96.4 Å². The summed E-state index contributed by atoms with van der Waals surface area (Å²) in [6, 6.07) is 6.67. The molecule has 0 amide bonds. The van der Waals surface area contributed by atoms with E-state index >= 15 is 0 Å². The van der Waals surface area contributed by atoms with Crippen LogP contribution in [-0.4, -0.2) is 88.9 Å². The van der Waals surface area contributed by atoms with E-state index in [0.717, 1.165) is 6.54 Å². The fourth-order valence-corrected chi connectivity index (χ4v) is 5.35. The van der Waals surface area contributed by atoms with Crippen LogP contribution in [0, 0.1) is 11.3 Å². The molecular weight excluding hydrogens is 429 g/mol. The zero-order valence-corrected chi connectivity index (χ0v) is 17.7. The lowest BCUT2D eigenvalue weighted by molar-refractivity contribution is -0.192. The highest BCUT2D eigenvalue weighted by atomic mass is 32.2. The van der Waals surface area contributed by atoms with Gasteiger partial charge in [0.05, 0.1) is 25.2 Å². The Labute approximate surface area is 173 Å². The molecule has 30 heavy (non-hydrogen) atoms. The van der Waals surface area contributed by atoms with Crippen LogP contribution in [0.5, 0.6) is 5.75 Å². The summed E-state index contributed by atoms with van der Waals surface area (Å²) in [5.74, 6) is -1.95. The van der Waals surface area contributed by atoms with Crippen molar-refractivity contribution in [3.05, 3.63) is 24.3 Å². The summed E-state index contributed by atoms with van der Waals surface area (Å²) in [4.78, 5) is 11.3. The van der Waals surface area contributed by atoms with Gasteiger partial charge in [-0.2, -0.15) is 17.5 Å². The van der Waals surface area contributed by atoms with E-state index < -0.39 is 22.2 Å². The van der Waals surface area contributed by atoms with Crippen LogP contribution < -0.4 is 4.74 Å². The standard InChI is InChI=1S/C16H24N2O4S.C2HF3O2/c1-17(2)10-16-11-18(8-13(16)9-22-12-16)23(19,20)15-6-4-5-14(7-15)21-3;3-2(4,5)1(6)7/h4-7,13H,8-12H2,1-3H3;(H,6,7)/t13-,16+;/m1./s1. The van der Waals surface area contributed by atoms with Crippen LogP contribution in [0.3, 0.4) is 0 Å². The Bertz CT molecular complexity index is 862. The average Bonchev–Trinajstić information content (AvgIpc) is 3.18. The number of halogens is 3. The molecule has 3 rings (SSSR count). The fraction of sp³-hybridized carbons (Fsp3) is 0.611. The lowest BCUT2D eigenvalue weighted by atomic mass is 9.81. The van der Waals surface area contributed by atoms with E-state index in [1.807, 2.05) is 14.1 Å². The number of ether oxygens (including phenoxy) is 2. The van der Waals surface area contributed by atoms with E-state index in [-0.39, 0.29) is 16.2 Å². The Morgan fingerprint density at radius 2 is 2.03 bits per heavy atom. The van der Waals surface area contributed by atoms with Crippen molar-refractivity contribution < 1.29 is 41.0 Å². The SMILES string of the molecule is COc1cccc(S(=O)(=O)N2C[C@@H]3COC[C@]3(CN(C)C)C2)c1.O=C(O)C(F)(F)F. The normalized spacial score (nSPS) is 24.3. The van der Waals surface area contributed by atoms with Crippen molar-refractivity contribution in [2.45, 2.75) is 11.1 Å². The molecule has 1 aromatic carbocycles. The van der Waals surface area contributed by atoms with Gasteiger partial charge in [0, 0.05) is 37.0 Å². The minimum absolute atomic E-state index is 0.102. The molecule has 8 nitrogen and oxygen atoms in total. The van der Waals surface area contributed by atoms with E-state index in [2.05, 4.69) is 4.90 Å². The maximum atomic E-state index is 13.0. The van der Waals surface area contributed by atoms with E-state index in [0.29, 0.717) is 32.1 Å². The molecule has 2 atom stereocenters. The average molecular weight is 454 g/mol. The quantitative estimate of drug-likeness (QED) is 0.721. The van der Waals surface area contributed by atoms with Crippen LogP contribution in [-0.2, 0) is 19.6 Å². The first-order chi connectivity index (χ1) is 13.8. The zero-order valence-electron chi connectivity index (χ0n) is 16.8. The highest BCUT2D eigenvalue weighted by Gasteiger charge is 2.53. The van der Waals surface area contributed by atoms with Crippen LogP contribution in [0.15, 0.2) is 29.2 Å². The third kappa shape index (κ3) is 5.42. The number of rotatable bonds is 5. The molecule has 0 aliphatic carbocycles. The van der Waals surface area contributed by atoms with Gasteiger partial charge in [-0.15, -0.1) is 0 Å². The van der Waals surface area contributed by atoms with Gasteiger partial charge in [0.2, 0.25) is 10.0 Å². The Morgan fingerprint density at radius 3 is 2.57 bits per heavy atom. The monoisotopic (exact) mass is 454 g/mol. The molecule has 0 saturated carbocycles. The molecule has 12 heteroatoms. The maximum Gasteiger partial charge on any atom is 0.490 e. The molecule has 170 valence electrons. The number of benzene rings is 1. The smallest absolute Gasteiger partial charge is 0.490 e. The number of hydrogen-bond acceptors (Lipinski definition) is 6. The van der Waals surface area contributed by atoms with E-state index in [1.165, 1.54) is 7.11 Å². The van der Waals surface area contributed by atoms with Gasteiger partial charge in [-0.1, -0.05) is 6.07 Å². The van der Waals surface area contributed by atoms with Crippen LogP contribution in [0.25, 0.3) is 0 Å². The zero-order chi connectivity index (χ0) is 22.7. The van der Waals surface area contributed by atoms with Gasteiger partial charge < -0.3 is 19.5 Å². The number of alkyl halides is 3. The summed E-state index contributed by atoms with van der Waals surface area (Å²) < 4.78 is 70.1. The molecule has 2 heterocycles. The summed E-state index contributed by atoms with van der Waals surface area (Å²) in [5.41, 5.74) is -0.102. The predicted octanol–water partition coefficient (Wildman–Crippen LogP) is 1.53. The highest BCUT2D eigenvalue weighted by molar-refractivity contribution is 7.89. The van der Waals surface area contributed by atoms with Gasteiger partial charge >= 0.3 is 12.1 Å². The van der Waals surface area contributed by atoms with Crippen molar-refractivity contribution in [1.29, 1.82) is 0 Å². The van der Waals surface area contributed by atoms with Crippen molar-refractivity contribution >= 4 is 16.0 Å². The van der Waals surface area contributed by atoms with Crippen LogP contribution in [0.4, 0.5) is 13.2 Å². The van der Waals surface area contributed by atoms with E-state index in [1.54, 1.807) is 28.6 Å². The summed E-state index contributed by atoms with van der Waals surface area (Å²) in [5, 5.41) is 7.12. The number of aliphatic carboxylic acids is 1. The maximum absolute atomic E-state index is 13.0. The number of fused-ring (bicyclic) bond motifs is 1. The lowest BCUT2D eigenvalue weighted by Crippen LogP contribution is -2.41. The first kappa shape index (κ1) is 24.4. The molecule has 2 fully saturated rings. The van der Waals surface area contributed by atoms with Crippen LogP contribution in [0.1, 0.15) is 0 Å². The van der Waals surface area contributed by atoms with Gasteiger partial charge in [-0.05, 0) is 26.2 Å². The van der Waals surface area contributed by atoms with Crippen molar-refractivity contribution in [2.75, 3.05) is 54.1 Å². The molecule has 1 aromatic rings. The van der Waals surface area contributed by atoms with Gasteiger partial charge in [0.25, 0.3) is 0 Å². The van der Waals surface area contributed by atoms with Crippen molar-refractivity contribution in [2.24, 2.45) is 11.3 Å². The Hall–Kier alpha value is -1.89. The summed E-state index contributed by atoms with van der Waals surface area (Å²) >= 11 is 0. The number of carboxylic acid groups (broad SMARTS) is 1. The second kappa shape index (κ2) is 9.08. The third-order valence-corrected chi connectivity index (χ3v) is 6.85. The minimum Gasteiger partial charge on any atom is -0.497 e. The first-order valence-corrected chi connectivity index (χ1v) is 10.4. The predicted molar refractivity (Wildman–Crippen MR) is 101 cm³/mol. The van der Waals surface area contributed by atoms with Gasteiger partial charge in [0.15, 0.2) is 0 Å². The van der Waals surface area contributed by atoms with Crippen LogP contribution >= 0.6 is 0 Å². The number of sulfonamides is 1. The number of carbonyl (C=O) groups is 1. The summed E-state index contributed by atoms with van der Waals surface area (Å²) in [6.45, 7) is 3.13. The Morgan fingerprint density at radius 1 is 1.40 bits per heavy atom. The lowest BCUT2D eigenvalue weighted by Gasteiger charge is -2.30. The van der Waals surface area contributed by atoms with Crippen molar-refractivity contribution in [3.8, 4) is 5.75 Å². The number of nitrogens with zero attached hydrogens (tertiary/aromatic N) is 2. The molecule has 0 aromatic heterocycles. The molecular formula is C18H25F3N2O6S. The van der Waals surface area contributed by atoms with Gasteiger partial charge in [0.1, 0.15) is 5.75 Å². The minimum atomic E-state index is -5.08.